The number of anilines is 1. The molecule has 78 valence electrons. The number of oxazole rings is 1. The van der Waals surface area contributed by atoms with Crippen molar-refractivity contribution in [2.45, 2.75) is 0 Å². The van der Waals surface area contributed by atoms with Crippen LogP contribution in [0.25, 0.3) is 11.1 Å². The predicted molar refractivity (Wildman–Crippen MR) is 52.7 cm³/mol. The van der Waals surface area contributed by atoms with Gasteiger partial charge in [-0.15, -0.1) is 0 Å². The molecule has 0 aliphatic carbocycles. The molecule has 2 rings (SSSR count). The maximum atomic E-state index is 10.8. The van der Waals surface area contributed by atoms with Gasteiger partial charge in [-0.2, -0.15) is 4.98 Å². The van der Waals surface area contributed by atoms with Gasteiger partial charge in [-0.1, -0.05) is 12.1 Å². The summed E-state index contributed by atoms with van der Waals surface area (Å²) in [6, 6.07) is 5.08. The van der Waals surface area contributed by atoms with Gasteiger partial charge in [0, 0.05) is 19.7 Å². The van der Waals surface area contributed by atoms with Crippen LogP contribution < -0.4 is 28.9 Å². The summed E-state index contributed by atoms with van der Waals surface area (Å²) < 4.78 is 5.34. The number of carboxylic acids is 1. The van der Waals surface area contributed by atoms with Crippen LogP contribution in [0.3, 0.4) is 0 Å². The zero-order valence-electron chi connectivity index (χ0n) is 9.35. The average Bonchev–Trinajstić information content (AvgIpc) is 2.60. The van der Waals surface area contributed by atoms with Gasteiger partial charge in [0.1, 0.15) is 5.52 Å². The first-order chi connectivity index (χ1) is 7.09. The van der Waals surface area contributed by atoms with Crippen LogP contribution in [0.1, 0.15) is 10.4 Å². The second kappa shape index (κ2) is 4.60. The Morgan fingerprint density at radius 3 is 2.69 bits per heavy atom. The zero-order chi connectivity index (χ0) is 11.0. The van der Waals surface area contributed by atoms with Crippen LogP contribution in [0.5, 0.6) is 0 Å². The summed E-state index contributed by atoms with van der Waals surface area (Å²) in [6.07, 6.45) is 0. The minimum atomic E-state index is -1.25. The number of nitrogens with zero attached hydrogens (tertiary/aromatic N) is 2. The molecule has 1 aromatic carbocycles. The van der Waals surface area contributed by atoms with Crippen molar-refractivity contribution in [3.05, 3.63) is 23.8 Å². The molecule has 16 heavy (non-hydrogen) atoms. The van der Waals surface area contributed by atoms with Crippen LogP contribution in [0.15, 0.2) is 22.6 Å². The van der Waals surface area contributed by atoms with Gasteiger partial charge in [0.25, 0.3) is 6.01 Å². The smallest absolute Gasteiger partial charge is 0.545 e. The first-order valence-electron chi connectivity index (χ1n) is 4.38. The van der Waals surface area contributed by atoms with Crippen LogP contribution >= 0.6 is 0 Å². The van der Waals surface area contributed by atoms with Crippen LogP contribution in [0.4, 0.5) is 6.01 Å². The van der Waals surface area contributed by atoms with Gasteiger partial charge in [0.15, 0.2) is 5.58 Å². The quantitative estimate of drug-likeness (QED) is 0.505. The zero-order valence-corrected chi connectivity index (χ0v) is 9.35. The number of carboxylic acid groups (broad SMARTS) is 1. The monoisotopic (exact) mass is 212 g/mol. The minimum Gasteiger partial charge on any atom is -0.545 e. The van der Waals surface area contributed by atoms with Crippen molar-refractivity contribution >= 4 is 23.1 Å². The Labute approximate surface area is 104 Å². The van der Waals surface area contributed by atoms with E-state index >= 15 is 0 Å². The van der Waals surface area contributed by atoms with Crippen LogP contribution in [0, 0.1) is 0 Å². The number of hydrogen-bond donors (Lipinski definition) is 0. The molecule has 0 fully saturated rings. The molecule has 0 saturated heterocycles. The fourth-order valence-electron chi connectivity index (χ4n) is 1.29. The van der Waals surface area contributed by atoms with E-state index < -0.39 is 5.97 Å². The van der Waals surface area contributed by atoms with Crippen molar-refractivity contribution < 1.29 is 33.2 Å². The number of fused-ring (bicyclic) bond motifs is 1. The number of carbonyl (C=O) groups is 1. The average molecular weight is 212 g/mol. The number of benzene rings is 1. The van der Waals surface area contributed by atoms with Gasteiger partial charge in [0.05, 0.1) is 5.97 Å². The molecule has 0 amide bonds. The summed E-state index contributed by atoms with van der Waals surface area (Å²) >= 11 is 0. The van der Waals surface area contributed by atoms with Crippen molar-refractivity contribution in [3.63, 3.8) is 0 Å². The molecule has 0 unspecified atom stereocenters. The van der Waals surface area contributed by atoms with Gasteiger partial charge >= 0.3 is 18.9 Å². The third-order valence-corrected chi connectivity index (χ3v) is 2.01. The standard InChI is InChI=1S/C10H10N2O3.Li/c1-12(2)10-11-8-6(9(13)14)4-3-5-7(8)15-10;/h3-5H,1-2H3,(H,13,14);/q;+1/p-1. The second-order valence-corrected chi connectivity index (χ2v) is 3.33. The second-order valence-electron chi connectivity index (χ2n) is 3.33. The van der Waals surface area contributed by atoms with Gasteiger partial charge < -0.3 is 19.2 Å². The Kier molecular flexibility index (Phi) is 3.63. The van der Waals surface area contributed by atoms with Crippen LogP contribution in [0.2, 0.25) is 0 Å². The molecule has 2 aromatic rings. The fourth-order valence-corrected chi connectivity index (χ4v) is 1.29. The summed E-state index contributed by atoms with van der Waals surface area (Å²) in [5.41, 5.74) is 0.811. The van der Waals surface area contributed by atoms with Gasteiger partial charge in [-0.05, 0) is 6.07 Å². The molecule has 1 aromatic heterocycles. The topological polar surface area (TPSA) is 69.4 Å². The molecular weight excluding hydrogens is 203 g/mol. The molecule has 0 saturated carbocycles. The largest absolute Gasteiger partial charge is 1.00 e. The van der Waals surface area contributed by atoms with Gasteiger partial charge in [-0.3, -0.25) is 0 Å². The van der Waals surface area contributed by atoms with E-state index in [1.165, 1.54) is 6.07 Å². The maximum absolute atomic E-state index is 10.8. The number of aromatic carboxylic acids is 1. The Morgan fingerprint density at radius 2 is 2.12 bits per heavy atom. The van der Waals surface area contributed by atoms with E-state index in [0.29, 0.717) is 17.1 Å². The Morgan fingerprint density at radius 1 is 1.44 bits per heavy atom. The molecule has 0 atom stereocenters. The Balaban J connectivity index is 0.00000128. The number of carbonyl (C=O) groups excluding carboxylic acids is 1. The van der Waals surface area contributed by atoms with Crippen molar-refractivity contribution in [1.82, 2.24) is 4.98 Å². The van der Waals surface area contributed by atoms with Crippen molar-refractivity contribution in [2.24, 2.45) is 0 Å². The van der Waals surface area contributed by atoms with Crippen LogP contribution in [-0.4, -0.2) is 25.0 Å². The Hall–Kier alpha value is -1.44. The van der Waals surface area contributed by atoms with Crippen LogP contribution in [-0.2, 0) is 0 Å². The molecule has 0 bridgehead atoms. The minimum absolute atomic E-state index is 0. The number of para-hydroxylation sites is 1. The third-order valence-electron chi connectivity index (χ3n) is 2.01. The van der Waals surface area contributed by atoms with Gasteiger partial charge in [0.2, 0.25) is 0 Å². The van der Waals surface area contributed by atoms with E-state index in [0.717, 1.165) is 0 Å². The number of aromatic nitrogens is 1. The van der Waals surface area contributed by atoms with Crippen molar-refractivity contribution in [3.8, 4) is 0 Å². The van der Waals surface area contributed by atoms with Crippen molar-refractivity contribution in [2.75, 3.05) is 19.0 Å². The number of rotatable bonds is 2. The van der Waals surface area contributed by atoms with E-state index in [9.17, 15) is 9.90 Å². The molecule has 0 aliphatic rings. The molecule has 1 heterocycles. The SMILES string of the molecule is CN(C)c1nc2c(C(=O)[O-])cccc2o1.[Li+]. The molecule has 0 aliphatic heterocycles. The normalized spacial score (nSPS) is 9.88. The third kappa shape index (κ3) is 2.06. The predicted octanol–water partition coefficient (Wildman–Crippen LogP) is -2.74. The first-order valence-corrected chi connectivity index (χ1v) is 4.38. The van der Waals surface area contributed by atoms with E-state index in [2.05, 4.69) is 4.98 Å². The summed E-state index contributed by atoms with van der Waals surface area (Å²) in [5.74, 6) is -1.25. The Bertz CT molecular complexity index is 522. The first kappa shape index (κ1) is 12.6. The van der Waals surface area contributed by atoms with E-state index in [1.807, 2.05) is 0 Å². The summed E-state index contributed by atoms with van der Waals surface area (Å²) in [5, 5.41) is 10.8. The summed E-state index contributed by atoms with van der Waals surface area (Å²) in [7, 11) is 3.53. The number of hydrogen-bond acceptors (Lipinski definition) is 5. The van der Waals surface area contributed by atoms with E-state index in [4.69, 9.17) is 4.42 Å². The molecule has 6 heteroatoms. The summed E-state index contributed by atoms with van der Waals surface area (Å²) in [4.78, 5) is 16.5. The van der Waals surface area contributed by atoms with Gasteiger partial charge in [-0.25, -0.2) is 0 Å². The molecule has 5 nitrogen and oxygen atoms in total. The maximum Gasteiger partial charge on any atom is 1.00 e. The van der Waals surface area contributed by atoms with E-state index in [1.54, 1.807) is 31.1 Å². The molecule has 0 N–H and O–H groups in total. The summed E-state index contributed by atoms with van der Waals surface area (Å²) in [6.45, 7) is 0. The molecule has 0 spiro atoms. The fraction of sp³-hybridized carbons (Fsp3) is 0.200. The van der Waals surface area contributed by atoms with E-state index in [-0.39, 0.29) is 24.4 Å². The molecule has 0 radical (unpaired) electrons. The van der Waals surface area contributed by atoms with Crippen molar-refractivity contribution in [1.29, 1.82) is 0 Å². The molecular formula is C10H9LiN2O3.